The highest BCUT2D eigenvalue weighted by atomic mass is 32.2. The number of hydrogen-bond acceptors (Lipinski definition) is 5. The lowest BCUT2D eigenvalue weighted by Gasteiger charge is -2.25. The van der Waals surface area contributed by atoms with E-state index in [0.29, 0.717) is 29.4 Å². The number of ether oxygens (including phenoxy) is 1. The first-order chi connectivity index (χ1) is 13.6. The molecule has 1 atom stereocenters. The fourth-order valence-electron chi connectivity index (χ4n) is 4.93. The van der Waals surface area contributed by atoms with Gasteiger partial charge in [-0.15, -0.1) is 0 Å². The van der Waals surface area contributed by atoms with Crippen LogP contribution in [0, 0.1) is 11.3 Å². The smallest absolute Gasteiger partial charge is 0.192 e. The zero-order chi connectivity index (χ0) is 19.1. The van der Waals surface area contributed by atoms with Gasteiger partial charge in [0.25, 0.3) is 0 Å². The molecule has 2 saturated carbocycles. The number of fused-ring (bicyclic) bond motifs is 3. The van der Waals surface area contributed by atoms with Crippen LogP contribution in [0.25, 0.3) is 11.0 Å². The van der Waals surface area contributed by atoms with E-state index < -0.39 is 11.0 Å². The van der Waals surface area contributed by atoms with Crippen molar-refractivity contribution in [2.45, 2.75) is 38.6 Å². The minimum absolute atomic E-state index is 0.253. The van der Waals surface area contributed by atoms with E-state index in [2.05, 4.69) is 15.0 Å². The molecule has 1 aromatic carbocycles. The lowest BCUT2D eigenvalue weighted by Crippen LogP contribution is -2.25. The maximum absolute atomic E-state index is 12.8. The van der Waals surface area contributed by atoms with Crippen molar-refractivity contribution < 1.29 is 13.5 Å². The Kier molecular flexibility index (Phi) is 4.38. The van der Waals surface area contributed by atoms with Gasteiger partial charge in [-0.3, -0.25) is 9.40 Å². The fraction of sp³-hybridized carbons (Fsp3) is 0.500. The standard InChI is InChI=1S/C20H24N4O3S/c1-26-16-9-15(12-24-8-2-7-21-24)10-17-18(16)19(22-27-17)23-28(25)13-20-5-3-14(11-20)4-6-20/h2,7-10,14H,3-6,11-13H2,1H3,(H,22,23). The van der Waals surface area contributed by atoms with Gasteiger partial charge in [-0.1, -0.05) is 5.16 Å². The van der Waals surface area contributed by atoms with Gasteiger partial charge in [0, 0.05) is 18.1 Å². The van der Waals surface area contributed by atoms with E-state index in [9.17, 15) is 4.21 Å². The number of aromatic nitrogens is 3. The van der Waals surface area contributed by atoms with Gasteiger partial charge in [-0.25, -0.2) is 4.21 Å². The normalized spacial score (nSPS) is 24.7. The van der Waals surface area contributed by atoms with Gasteiger partial charge in [0.2, 0.25) is 0 Å². The van der Waals surface area contributed by atoms with E-state index in [1.54, 1.807) is 13.3 Å². The van der Waals surface area contributed by atoms with Gasteiger partial charge in [-0.2, -0.15) is 5.10 Å². The number of nitrogens with zero attached hydrogens (tertiary/aromatic N) is 3. The van der Waals surface area contributed by atoms with Crippen molar-refractivity contribution >= 4 is 27.8 Å². The summed E-state index contributed by atoms with van der Waals surface area (Å²) >= 11 is 0. The summed E-state index contributed by atoms with van der Waals surface area (Å²) in [6, 6.07) is 5.77. The molecule has 148 valence electrons. The molecule has 2 bridgehead atoms. The van der Waals surface area contributed by atoms with Crippen molar-refractivity contribution in [3.05, 3.63) is 36.2 Å². The average Bonchev–Trinajstić information content (AvgIpc) is 3.46. The lowest BCUT2D eigenvalue weighted by molar-refractivity contribution is 0.338. The molecule has 5 rings (SSSR count). The van der Waals surface area contributed by atoms with Crippen LogP contribution in [0.3, 0.4) is 0 Å². The van der Waals surface area contributed by atoms with E-state index in [0.717, 1.165) is 16.9 Å². The monoisotopic (exact) mass is 400 g/mol. The van der Waals surface area contributed by atoms with Crippen LogP contribution in [0.1, 0.15) is 37.7 Å². The minimum Gasteiger partial charge on any atom is -0.496 e. The largest absolute Gasteiger partial charge is 0.496 e. The molecule has 2 heterocycles. The van der Waals surface area contributed by atoms with Crippen LogP contribution in [0.2, 0.25) is 0 Å². The van der Waals surface area contributed by atoms with Gasteiger partial charge in [-0.05, 0) is 67.2 Å². The highest BCUT2D eigenvalue weighted by molar-refractivity contribution is 7.86. The van der Waals surface area contributed by atoms with Gasteiger partial charge in [0.15, 0.2) is 11.4 Å². The Labute approximate surface area is 166 Å². The number of rotatable bonds is 7. The van der Waals surface area contributed by atoms with Crippen LogP contribution in [0.5, 0.6) is 5.75 Å². The molecule has 1 unspecified atom stereocenters. The SMILES string of the molecule is COc1cc(Cn2cccn2)cc2onc(NS(=O)CC34CCC(CC3)C4)c12. The van der Waals surface area contributed by atoms with E-state index in [4.69, 9.17) is 9.26 Å². The maximum atomic E-state index is 12.8. The number of anilines is 1. The molecule has 0 amide bonds. The molecule has 2 aliphatic rings. The predicted molar refractivity (Wildman–Crippen MR) is 108 cm³/mol. The van der Waals surface area contributed by atoms with E-state index in [1.165, 1.54) is 32.1 Å². The second-order valence-corrected chi connectivity index (χ2v) is 9.33. The van der Waals surface area contributed by atoms with Crippen molar-refractivity contribution in [3.8, 4) is 5.75 Å². The summed E-state index contributed by atoms with van der Waals surface area (Å²) < 4.78 is 28.9. The maximum Gasteiger partial charge on any atom is 0.192 e. The second-order valence-electron chi connectivity index (χ2n) is 8.15. The summed E-state index contributed by atoms with van der Waals surface area (Å²) in [4.78, 5) is 0. The molecular formula is C20H24N4O3S. The molecule has 2 aliphatic carbocycles. The molecule has 0 aliphatic heterocycles. The third-order valence-electron chi connectivity index (χ3n) is 6.26. The molecule has 8 heteroatoms. The third-order valence-corrected chi connectivity index (χ3v) is 7.55. The van der Waals surface area contributed by atoms with Crippen molar-refractivity contribution in [1.29, 1.82) is 0 Å². The van der Waals surface area contributed by atoms with Crippen molar-refractivity contribution in [2.75, 3.05) is 17.6 Å². The Morgan fingerprint density at radius 3 is 2.93 bits per heavy atom. The van der Waals surface area contributed by atoms with E-state index in [-0.39, 0.29) is 5.41 Å². The fourth-order valence-corrected chi connectivity index (χ4v) is 6.32. The summed E-state index contributed by atoms with van der Waals surface area (Å²) in [6.07, 6.45) is 9.85. The molecule has 3 aromatic rings. The first-order valence-electron chi connectivity index (χ1n) is 9.73. The quantitative estimate of drug-likeness (QED) is 0.653. The van der Waals surface area contributed by atoms with E-state index in [1.807, 2.05) is 29.1 Å². The Morgan fingerprint density at radius 2 is 2.25 bits per heavy atom. The highest BCUT2D eigenvalue weighted by Crippen LogP contribution is 2.54. The number of hydrogen-bond donors (Lipinski definition) is 1. The van der Waals surface area contributed by atoms with Crippen LogP contribution in [-0.4, -0.2) is 32.0 Å². The second kappa shape index (κ2) is 6.92. The summed E-state index contributed by atoms with van der Waals surface area (Å²) in [5.74, 6) is 2.66. The Morgan fingerprint density at radius 1 is 1.39 bits per heavy atom. The molecule has 2 aromatic heterocycles. The first-order valence-corrected chi connectivity index (χ1v) is 11.0. The molecule has 0 spiro atoms. The Hall–Kier alpha value is -2.35. The molecule has 0 radical (unpaired) electrons. The summed E-state index contributed by atoms with van der Waals surface area (Å²) in [5.41, 5.74) is 1.86. The highest BCUT2D eigenvalue weighted by Gasteiger charge is 2.45. The van der Waals surface area contributed by atoms with Crippen molar-refractivity contribution in [1.82, 2.24) is 14.9 Å². The summed E-state index contributed by atoms with van der Waals surface area (Å²) in [7, 11) is 0.430. The first kappa shape index (κ1) is 17.7. The Bertz CT molecular complexity index is 1010. The van der Waals surface area contributed by atoms with Crippen LogP contribution >= 0.6 is 0 Å². The van der Waals surface area contributed by atoms with Crippen LogP contribution < -0.4 is 9.46 Å². The number of benzene rings is 1. The lowest BCUT2D eigenvalue weighted by atomic mass is 9.87. The number of nitrogens with one attached hydrogen (secondary N) is 1. The van der Waals surface area contributed by atoms with Crippen LogP contribution in [0.15, 0.2) is 35.1 Å². The van der Waals surface area contributed by atoms with Crippen LogP contribution in [0.4, 0.5) is 5.82 Å². The molecule has 1 N–H and O–H groups in total. The van der Waals surface area contributed by atoms with Gasteiger partial charge in [0.1, 0.15) is 22.1 Å². The molecule has 28 heavy (non-hydrogen) atoms. The van der Waals surface area contributed by atoms with Gasteiger partial charge in [0.05, 0.1) is 13.7 Å². The summed E-state index contributed by atoms with van der Waals surface area (Å²) in [5, 5.41) is 9.10. The average molecular weight is 401 g/mol. The molecule has 7 nitrogen and oxygen atoms in total. The Balaban J connectivity index is 1.38. The molecule has 2 fully saturated rings. The van der Waals surface area contributed by atoms with Gasteiger partial charge >= 0.3 is 0 Å². The molecule has 0 saturated heterocycles. The summed E-state index contributed by atoms with van der Waals surface area (Å²) in [6.45, 7) is 0.610. The zero-order valence-electron chi connectivity index (χ0n) is 15.9. The topological polar surface area (TPSA) is 82.2 Å². The predicted octanol–water partition coefficient (Wildman–Crippen LogP) is 3.74. The van der Waals surface area contributed by atoms with Crippen molar-refractivity contribution in [3.63, 3.8) is 0 Å². The van der Waals surface area contributed by atoms with Crippen LogP contribution in [-0.2, 0) is 17.5 Å². The van der Waals surface area contributed by atoms with Gasteiger partial charge < -0.3 is 9.26 Å². The minimum atomic E-state index is -1.19. The number of methoxy groups -OCH3 is 1. The van der Waals surface area contributed by atoms with E-state index >= 15 is 0 Å². The zero-order valence-corrected chi connectivity index (χ0v) is 16.7. The third kappa shape index (κ3) is 3.19. The van der Waals surface area contributed by atoms with Crippen molar-refractivity contribution in [2.24, 2.45) is 11.3 Å². The molecular weight excluding hydrogens is 376 g/mol.